The number of carbonyl (C=O) groups excluding carboxylic acids is 1. The lowest BCUT2D eigenvalue weighted by molar-refractivity contribution is -0.137. The van der Waals surface area contributed by atoms with Gasteiger partial charge in [-0.05, 0) is 44.0 Å². The van der Waals surface area contributed by atoms with E-state index in [1.54, 1.807) is 19.2 Å². The molecule has 0 aliphatic carbocycles. The molecule has 1 aliphatic rings. The number of allylic oxidation sites excluding steroid dienone is 1. The lowest BCUT2D eigenvalue weighted by atomic mass is 9.99. The third kappa shape index (κ3) is 4.85. The van der Waals surface area contributed by atoms with Crippen molar-refractivity contribution < 1.29 is 14.6 Å². The first-order chi connectivity index (χ1) is 15.0. The Bertz CT molecular complexity index is 1020. The number of methoxy groups -OCH3 is 1. The monoisotopic (exact) mass is 421 g/mol. The first-order valence-electron chi connectivity index (χ1n) is 10.6. The fourth-order valence-corrected chi connectivity index (χ4v) is 3.40. The normalized spacial score (nSPS) is 14.4. The quantitative estimate of drug-likeness (QED) is 0.487. The molecule has 1 aromatic carbocycles. The van der Waals surface area contributed by atoms with E-state index >= 15 is 0 Å². The minimum atomic E-state index is -0.672. The van der Waals surface area contributed by atoms with Crippen molar-refractivity contribution in [1.29, 1.82) is 0 Å². The summed E-state index contributed by atoms with van der Waals surface area (Å²) in [5.74, 6) is -0.878. The molecule has 1 aromatic heterocycles. The molecule has 0 fully saturated rings. The largest absolute Gasteiger partial charge is 0.505 e. The highest BCUT2D eigenvalue weighted by atomic mass is 16.5. The minimum absolute atomic E-state index is 0.0364. The molecule has 1 N–H and O–H groups in total. The van der Waals surface area contributed by atoms with Crippen molar-refractivity contribution in [2.75, 3.05) is 7.11 Å². The highest BCUT2D eigenvalue weighted by molar-refractivity contribution is 6.00. The number of rotatable bonds is 5. The van der Waals surface area contributed by atoms with Crippen LogP contribution in [0, 0.1) is 0 Å². The van der Waals surface area contributed by atoms with E-state index < -0.39 is 5.97 Å². The van der Waals surface area contributed by atoms with Crippen LogP contribution in [0.1, 0.15) is 57.9 Å². The number of fused-ring (bicyclic) bond motifs is 1. The summed E-state index contributed by atoms with van der Waals surface area (Å²) in [5.41, 5.74) is 4.63. The highest BCUT2D eigenvalue weighted by Gasteiger charge is 2.34. The zero-order chi connectivity index (χ0) is 23.0. The molecule has 3 rings (SSSR count). The molecule has 0 spiro atoms. The molecule has 31 heavy (non-hydrogen) atoms. The van der Waals surface area contributed by atoms with Crippen LogP contribution in [0.3, 0.4) is 0 Å². The molecule has 6 nitrogen and oxygen atoms in total. The number of aromatic nitrogens is 1. The van der Waals surface area contributed by atoms with Crippen molar-refractivity contribution >= 4 is 23.6 Å². The number of hydrogen-bond donors (Lipinski definition) is 1. The summed E-state index contributed by atoms with van der Waals surface area (Å²) in [4.78, 5) is 17.1. The second kappa shape index (κ2) is 11.1. The molecule has 0 unspecified atom stereocenters. The molecule has 2 aromatic rings. The van der Waals surface area contributed by atoms with Crippen molar-refractivity contribution in [2.24, 2.45) is 5.10 Å². The summed E-state index contributed by atoms with van der Waals surface area (Å²) < 4.78 is 4.85. The summed E-state index contributed by atoms with van der Waals surface area (Å²) in [5, 5.41) is 16.4. The Hall–Kier alpha value is -3.41. The van der Waals surface area contributed by atoms with Crippen molar-refractivity contribution in [2.45, 2.75) is 47.5 Å². The molecule has 0 bridgehead atoms. The van der Waals surface area contributed by atoms with Crippen LogP contribution in [0.15, 0.2) is 53.3 Å². The van der Waals surface area contributed by atoms with Gasteiger partial charge in [0, 0.05) is 17.3 Å². The summed E-state index contributed by atoms with van der Waals surface area (Å²) in [6.07, 6.45) is 5.43. The van der Waals surface area contributed by atoms with E-state index in [1.807, 2.05) is 45.0 Å². The zero-order valence-electron chi connectivity index (χ0n) is 19.1. The lowest BCUT2D eigenvalue weighted by Gasteiger charge is -2.29. The lowest BCUT2D eigenvalue weighted by Crippen LogP contribution is -2.29. The van der Waals surface area contributed by atoms with Crippen LogP contribution in [0.4, 0.5) is 0 Å². The van der Waals surface area contributed by atoms with Crippen LogP contribution in [0.5, 0.6) is 0 Å². The van der Waals surface area contributed by atoms with Crippen molar-refractivity contribution in [3.05, 3.63) is 65.0 Å². The van der Waals surface area contributed by atoms with Crippen molar-refractivity contribution in [3.8, 4) is 11.3 Å². The second-order valence-corrected chi connectivity index (χ2v) is 6.59. The van der Waals surface area contributed by atoms with E-state index in [2.05, 4.69) is 24.2 Å². The average Bonchev–Trinajstić information content (AvgIpc) is 2.81. The molecule has 0 saturated heterocycles. The van der Waals surface area contributed by atoms with E-state index in [4.69, 9.17) is 9.72 Å². The van der Waals surface area contributed by atoms with Crippen molar-refractivity contribution in [3.63, 3.8) is 0 Å². The van der Waals surface area contributed by atoms with Gasteiger partial charge in [0.05, 0.1) is 18.5 Å². The van der Waals surface area contributed by atoms with E-state index in [0.29, 0.717) is 17.0 Å². The van der Waals surface area contributed by atoms with Gasteiger partial charge in [0.1, 0.15) is 5.69 Å². The smallest absolute Gasteiger partial charge is 0.360 e. The molecule has 0 radical (unpaired) electrons. The van der Waals surface area contributed by atoms with E-state index in [1.165, 1.54) is 17.7 Å². The number of carbonyl (C=O) groups is 1. The molecule has 6 heteroatoms. The Morgan fingerprint density at radius 3 is 2.58 bits per heavy atom. The third-order valence-corrected chi connectivity index (χ3v) is 4.70. The van der Waals surface area contributed by atoms with Crippen LogP contribution in [-0.2, 0) is 16.0 Å². The third-order valence-electron chi connectivity index (χ3n) is 4.70. The molecule has 2 heterocycles. The average molecular weight is 422 g/mol. The SMILES string of the molecule is C/C=N\N1C(C(=O)OC)=C(O)c2ccc(-c3cccc(CCC)c3)nc2/C1=C\C.CC. The minimum Gasteiger partial charge on any atom is -0.505 e. The topological polar surface area (TPSA) is 75.0 Å². The van der Waals surface area contributed by atoms with Gasteiger partial charge in [0.2, 0.25) is 0 Å². The van der Waals surface area contributed by atoms with Gasteiger partial charge in [-0.1, -0.05) is 51.5 Å². The van der Waals surface area contributed by atoms with Gasteiger partial charge < -0.3 is 9.84 Å². The number of ether oxygens (including phenoxy) is 1. The molecular formula is C25H31N3O3. The van der Waals surface area contributed by atoms with Crippen LogP contribution < -0.4 is 0 Å². The summed E-state index contributed by atoms with van der Waals surface area (Å²) in [6, 6.07) is 11.9. The van der Waals surface area contributed by atoms with Gasteiger partial charge in [-0.3, -0.25) is 0 Å². The number of pyridine rings is 1. The zero-order valence-corrected chi connectivity index (χ0v) is 19.1. The Kier molecular flexibility index (Phi) is 8.55. The van der Waals surface area contributed by atoms with Gasteiger partial charge in [-0.25, -0.2) is 14.8 Å². The Labute approximate surface area is 184 Å². The number of hydrogen-bond acceptors (Lipinski definition) is 6. The molecule has 0 atom stereocenters. The number of aryl methyl sites for hydroxylation is 1. The predicted octanol–water partition coefficient (Wildman–Crippen LogP) is 5.81. The molecule has 0 amide bonds. The van der Waals surface area contributed by atoms with E-state index in [9.17, 15) is 9.90 Å². The summed E-state index contributed by atoms with van der Waals surface area (Å²) in [7, 11) is 1.27. The van der Waals surface area contributed by atoms with Crippen LogP contribution >= 0.6 is 0 Å². The fourth-order valence-electron chi connectivity index (χ4n) is 3.40. The number of aliphatic hydroxyl groups is 1. The van der Waals surface area contributed by atoms with Crippen LogP contribution in [0.2, 0.25) is 0 Å². The second-order valence-electron chi connectivity index (χ2n) is 6.59. The van der Waals surface area contributed by atoms with Gasteiger partial charge in [0.15, 0.2) is 11.5 Å². The maximum Gasteiger partial charge on any atom is 0.360 e. The molecule has 1 aliphatic heterocycles. The fraction of sp³-hybridized carbons (Fsp3) is 0.320. The number of aliphatic hydroxyl groups excluding tert-OH is 1. The van der Waals surface area contributed by atoms with Crippen LogP contribution in [0.25, 0.3) is 22.7 Å². The Morgan fingerprint density at radius 1 is 1.23 bits per heavy atom. The van der Waals surface area contributed by atoms with Crippen molar-refractivity contribution in [1.82, 2.24) is 9.99 Å². The van der Waals surface area contributed by atoms with E-state index in [-0.39, 0.29) is 11.5 Å². The maximum absolute atomic E-state index is 12.3. The first kappa shape index (κ1) is 23.9. The highest BCUT2D eigenvalue weighted by Crippen LogP contribution is 2.38. The van der Waals surface area contributed by atoms with Gasteiger partial charge in [-0.15, -0.1) is 0 Å². The van der Waals surface area contributed by atoms with Crippen LogP contribution in [-0.4, -0.2) is 34.4 Å². The summed E-state index contributed by atoms with van der Waals surface area (Å²) in [6.45, 7) is 9.72. The number of nitrogens with zero attached hydrogens (tertiary/aromatic N) is 3. The molecular weight excluding hydrogens is 390 g/mol. The predicted molar refractivity (Wildman–Crippen MR) is 126 cm³/mol. The summed E-state index contributed by atoms with van der Waals surface area (Å²) >= 11 is 0. The number of benzene rings is 1. The maximum atomic E-state index is 12.3. The molecule has 0 saturated carbocycles. The Balaban J connectivity index is 0.00000166. The van der Waals surface area contributed by atoms with Gasteiger partial charge in [-0.2, -0.15) is 5.10 Å². The first-order valence-corrected chi connectivity index (χ1v) is 10.6. The standard InChI is InChI=1S/C23H25N3O3.C2H6/c1-5-9-15-10-8-11-16(14-15)18-13-12-17-20(25-18)19(6-2)26(24-7-3)21(22(17)27)23(28)29-4;1-2/h6-8,10-14,27H,5,9H2,1-4H3;1-2H3/b19-6+,24-7-;. The van der Waals surface area contributed by atoms with E-state index in [0.717, 1.165) is 24.1 Å². The molecule has 164 valence electrons. The number of esters is 1. The van der Waals surface area contributed by atoms with Gasteiger partial charge in [0.25, 0.3) is 0 Å². The Morgan fingerprint density at radius 2 is 1.97 bits per heavy atom. The van der Waals surface area contributed by atoms with Gasteiger partial charge >= 0.3 is 5.97 Å². The number of hydrazone groups is 1.